The van der Waals surface area contributed by atoms with Gasteiger partial charge in [-0.05, 0) is 19.1 Å². The molecule has 1 N–H and O–H groups in total. The van der Waals surface area contributed by atoms with Crippen molar-refractivity contribution >= 4 is 0 Å². The summed E-state index contributed by atoms with van der Waals surface area (Å²) in [6.07, 6.45) is 2.86. The molecule has 0 atom stereocenters. The maximum absolute atomic E-state index is 5.13. The molecule has 14 heavy (non-hydrogen) atoms. The number of imidazole rings is 1. The second-order valence-electron chi connectivity index (χ2n) is 3.05. The summed E-state index contributed by atoms with van der Waals surface area (Å²) in [4.78, 5) is 7.25. The number of nitrogens with one attached hydrogen (secondary N) is 1. The number of ether oxygens (including phenoxy) is 1. The highest BCUT2D eigenvalue weighted by Gasteiger charge is 2.02. The number of methoxy groups -OCH3 is 1. The van der Waals surface area contributed by atoms with Gasteiger partial charge < -0.3 is 9.72 Å². The van der Waals surface area contributed by atoms with Crippen molar-refractivity contribution in [1.82, 2.24) is 9.97 Å². The SMILES string of the molecule is COc1cccc(-c2n[c]c(C)[nH]2)c1. The van der Waals surface area contributed by atoms with Crippen LogP contribution in [0.5, 0.6) is 5.75 Å². The maximum atomic E-state index is 5.13. The van der Waals surface area contributed by atoms with Crippen LogP contribution in [0.2, 0.25) is 0 Å². The summed E-state index contributed by atoms with van der Waals surface area (Å²) in [7, 11) is 1.65. The molecule has 0 aliphatic rings. The molecule has 2 aromatic rings. The van der Waals surface area contributed by atoms with E-state index >= 15 is 0 Å². The summed E-state index contributed by atoms with van der Waals surface area (Å²) < 4.78 is 5.13. The van der Waals surface area contributed by atoms with Crippen molar-refractivity contribution in [3.05, 3.63) is 36.2 Å². The Labute approximate surface area is 82.8 Å². The fourth-order valence-electron chi connectivity index (χ4n) is 1.28. The lowest BCUT2D eigenvalue weighted by atomic mass is 10.2. The summed E-state index contributed by atoms with van der Waals surface area (Å²) in [5, 5.41) is 0. The van der Waals surface area contributed by atoms with Gasteiger partial charge in [0.2, 0.25) is 0 Å². The molecule has 2 rings (SSSR count). The lowest BCUT2D eigenvalue weighted by Crippen LogP contribution is -1.84. The van der Waals surface area contributed by atoms with Gasteiger partial charge >= 0.3 is 0 Å². The van der Waals surface area contributed by atoms with E-state index in [0.29, 0.717) is 0 Å². The van der Waals surface area contributed by atoms with E-state index in [4.69, 9.17) is 4.74 Å². The molecule has 0 fully saturated rings. The van der Waals surface area contributed by atoms with Crippen LogP contribution in [0.25, 0.3) is 11.4 Å². The molecule has 3 heteroatoms. The Kier molecular flexibility index (Phi) is 2.23. The van der Waals surface area contributed by atoms with Crippen molar-refractivity contribution in [3.8, 4) is 17.1 Å². The number of aromatic amines is 1. The Morgan fingerprint density at radius 2 is 2.29 bits per heavy atom. The van der Waals surface area contributed by atoms with Gasteiger partial charge in [-0.1, -0.05) is 12.1 Å². The van der Waals surface area contributed by atoms with Gasteiger partial charge in [-0.25, -0.2) is 4.98 Å². The Hall–Kier alpha value is -1.77. The van der Waals surface area contributed by atoms with Crippen LogP contribution in [-0.4, -0.2) is 17.1 Å². The standard InChI is InChI=1S/C11H11N2O/c1-8-7-12-11(13-8)9-4-3-5-10(6-9)14-2/h3-6H,1-2H3,(H,12,13). The van der Waals surface area contributed by atoms with Crippen molar-refractivity contribution in [2.75, 3.05) is 7.11 Å². The molecule has 0 saturated carbocycles. The monoisotopic (exact) mass is 187 g/mol. The first-order valence-electron chi connectivity index (χ1n) is 4.38. The highest BCUT2D eigenvalue weighted by Crippen LogP contribution is 2.20. The summed E-state index contributed by atoms with van der Waals surface area (Å²) in [5.74, 6) is 1.65. The minimum Gasteiger partial charge on any atom is -0.497 e. The molecule has 0 spiro atoms. The Morgan fingerprint density at radius 1 is 1.43 bits per heavy atom. The number of hydrogen-bond acceptors (Lipinski definition) is 2. The predicted octanol–water partition coefficient (Wildman–Crippen LogP) is 2.19. The molecule has 0 amide bonds. The summed E-state index contributed by atoms with van der Waals surface area (Å²) in [6.45, 7) is 1.93. The number of hydrogen-bond donors (Lipinski definition) is 1. The van der Waals surface area contributed by atoms with Crippen molar-refractivity contribution in [2.45, 2.75) is 6.92 Å². The van der Waals surface area contributed by atoms with E-state index in [1.807, 2.05) is 31.2 Å². The molecular weight excluding hydrogens is 176 g/mol. The third-order valence-corrected chi connectivity index (χ3v) is 1.98. The summed E-state index contributed by atoms with van der Waals surface area (Å²) in [5.41, 5.74) is 1.94. The van der Waals surface area contributed by atoms with Crippen molar-refractivity contribution in [1.29, 1.82) is 0 Å². The molecule has 0 aliphatic heterocycles. The van der Waals surface area contributed by atoms with E-state index in [2.05, 4.69) is 16.2 Å². The van der Waals surface area contributed by atoms with Crippen LogP contribution in [0.15, 0.2) is 24.3 Å². The van der Waals surface area contributed by atoms with Crippen LogP contribution < -0.4 is 4.74 Å². The topological polar surface area (TPSA) is 37.9 Å². The molecule has 0 unspecified atom stereocenters. The normalized spacial score (nSPS) is 10.1. The number of H-pyrrole nitrogens is 1. The van der Waals surface area contributed by atoms with Crippen LogP contribution in [0.3, 0.4) is 0 Å². The number of nitrogens with zero attached hydrogens (tertiary/aromatic N) is 1. The van der Waals surface area contributed by atoms with Crippen molar-refractivity contribution < 1.29 is 4.74 Å². The second kappa shape index (κ2) is 3.54. The minimum atomic E-state index is 0.821. The Balaban J connectivity index is 2.41. The first-order valence-corrected chi connectivity index (χ1v) is 4.38. The lowest BCUT2D eigenvalue weighted by molar-refractivity contribution is 0.415. The highest BCUT2D eigenvalue weighted by molar-refractivity contribution is 5.57. The van der Waals surface area contributed by atoms with Gasteiger partial charge in [-0.2, -0.15) is 0 Å². The van der Waals surface area contributed by atoms with Crippen molar-refractivity contribution in [2.24, 2.45) is 0 Å². The molecule has 0 bridgehead atoms. The number of benzene rings is 1. The molecule has 1 radical (unpaired) electrons. The van der Waals surface area contributed by atoms with Gasteiger partial charge in [-0.3, -0.25) is 0 Å². The molecule has 1 aromatic heterocycles. The fraction of sp³-hybridized carbons (Fsp3) is 0.182. The van der Waals surface area contributed by atoms with Crippen LogP contribution in [-0.2, 0) is 0 Å². The maximum Gasteiger partial charge on any atom is 0.138 e. The smallest absolute Gasteiger partial charge is 0.138 e. The van der Waals surface area contributed by atoms with Gasteiger partial charge in [0.05, 0.1) is 7.11 Å². The van der Waals surface area contributed by atoms with Gasteiger partial charge in [0.1, 0.15) is 17.8 Å². The quantitative estimate of drug-likeness (QED) is 0.782. The van der Waals surface area contributed by atoms with Crippen LogP contribution in [0, 0.1) is 13.1 Å². The molecule has 3 nitrogen and oxygen atoms in total. The van der Waals surface area contributed by atoms with E-state index in [9.17, 15) is 0 Å². The third-order valence-electron chi connectivity index (χ3n) is 1.98. The van der Waals surface area contributed by atoms with E-state index in [0.717, 1.165) is 22.8 Å². The second-order valence-corrected chi connectivity index (χ2v) is 3.05. The van der Waals surface area contributed by atoms with Gasteiger partial charge in [0.25, 0.3) is 0 Å². The van der Waals surface area contributed by atoms with E-state index in [1.165, 1.54) is 0 Å². The lowest BCUT2D eigenvalue weighted by Gasteiger charge is -2.01. The largest absolute Gasteiger partial charge is 0.497 e. The zero-order chi connectivity index (χ0) is 9.97. The number of aryl methyl sites for hydroxylation is 1. The molecule has 1 heterocycles. The summed E-state index contributed by atoms with van der Waals surface area (Å²) in [6, 6.07) is 7.76. The molecule has 0 saturated heterocycles. The number of aromatic nitrogens is 2. The average molecular weight is 187 g/mol. The number of rotatable bonds is 2. The van der Waals surface area contributed by atoms with Crippen molar-refractivity contribution in [3.63, 3.8) is 0 Å². The van der Waals surface area contributed by atoms with Gasteiger partial charge in [0.15, 0.2) is 0 Å². The first kappa shape index (κ1) is 8.81. The van der Waals surface area contributed by atoms with E-state index < -0.39 is 0 Å². The highest BCUT2D eigenvalue weighted by atomic mass is 16.5. The average Bonchev–Trinajstić information content (AvgIpc) is 2.65. The zero-order valence-electron chi connectivity index (χ0n) is 8.16. The Morgan fingerprint density at radius 3 is 2.93 bits per heavy atom. The first-order chi connectivity index (χ1) is 6.79. The van der Waals surface area contributed by atoms with Crippen LogP contribution in [0.4, 0.5) is 0 Å². The fourth-order valence-corrected chi connectivity index (χ4v) is 1.28. The zero-order valence-corrected chi connectivity index (χ0v) is 8.16. The van der Waals surface area contributed by atoms with Gasteiger partial charge in [0, 0.05) is 11.3 Å². The van der Waals surface area contributed by atoms with E-state index in [-0.39, 0.29) is 0 Å². The van der Waals surface area contributed by atoms with E-state index in [1.54, 1.807) is 7.11 Å². The summed E-state index contributed by atoms with van der Waals surface area (Å²) >= 11 is 0. The third kappa shape index (κ3) is 1.62. The minimum absolute atomic E-state index is 0.821. The Bertz CT molecular complexity index is 434. The van der Waals surface area contributed by atoms with Crippen LogP contribution >= 0.6 is 0 Å². The molecular formula is C11H11N2O. The molecule has 0 aliphatic carbocycles. The van der Waals surface area contributed by atoms with Gasteiger partial charge in [-0.15, -0.1) is 0 Å². The molecule has 71 valence electrons. The molecule has 1 aromatic carbocycles. The predicted molar refractivity (Wildman–Crippen MR) is 54.1 cm³/mol. The van der Waals surface area contributed by atoms with Crippen LogP contribution in [0.1, 0.15) is 5.69 Å².